The van der Waals surface area contributed by atoms with Crippen molar-refractivity contribution in [1.82, 2.24) is 5.43 Å². The van der Waals surface area contributed by atoms with E-state index in [0.717, 1.165) is 29.9 Å². The highest BCUT2D eigenvalue weighted by Gasteiger charge is 2.12. The van der Waals surface area contributed by atoms with Gasteiger partial charge >= 0.3 is 0 Å². The van der Waals surface area contributed by atoms with Crippen molar-refractivity contribution in [2.75, 3.05) is 6.61 Å². The lowest BCUT2D eigenvalue weighted by atomic mass is 10.1. The Hall–Kier alpha value is -2.91. The Morgan fingerprint density at radius 2 is 1.76 bits per heavy atom. The van der Waals surface area contributed by atoms with Gasteiger partial charge in [0, 0.05) is 10.0 Å². The predicted molar refractivity (Wildman–Crippen MR) is 148 cm³/mol. The molecule has 1 N–H and O–H groups in total. The fourth-order valence-corrected chi connectivity index (χ4v) is 4.41. The Morgan fingerprint density at radius 3 is 2.53 bits per heavy atom. The van der Waals surface area contributed by atoms with Crippen molar-refractivity contribution in [3.8, 4) is 11.5 Å². The number of benzene rings is 4. The van der Waals surface area contributed by atoms with Crippen LogP contribution in [0.2, 0.25) is 0 Å². The summed E-state index contributed by atoms with van der Waals surface area (Å²) in [6.45, 7) is 2.86. The van der Waals surface area contributed by atoms with Gasteiger partial charge in [0.05, 0.1) is 16.4 Å². The van der Waals surface area contributed by atoms with E-state index in [9.17, 15) is 4.79 Å². The monoisotopic (exact) mass is 628 g/mol. The number of carbonyl (C=O) groups is 1. The zero-order valence-corrected chi connectivity index (χ0v) is 22.2. The average Bonchev–Trinajstić information content (AvgIpc) is 2.84. The van der Waals surface area contributed by atoms with E-state index in [1.54, 1.807) is 12.3 Å². The third-order valence-electron chi connectivity index (χ3n) is 5.02. The summed E-state index contributed by atoms with van der Waals surface area (Å²) in [5.74, 6) is 1.05. The zero-order valence-electron chi connectivity index (χ0n) is 18.4. The quantitative estimate of drug-likeness (QED) is 0.131. The maximum absolute atomic E-state index is 12.5. The minimum absolute atomic E-state index is 0.267. The number of rotatable bonds is 8. The largest absolute Gasteiger partial charge is 0.490 e. The standard InChI is InChI=1S/C27H22BrIN2O3/c1-2-33-25-14-19(13-24(29)26(25)34-17-18-7-11-23(28)12-8-18)16-30-31-27(32)22-10-9-20-5-3-4-6-21(20)15-22/h3-16H,2,17H2,1H3,(H,31,32)/b30-16-. The molecule has 0 aliphatic carbocycles. The zero-order chi connectivity index (χ0) is 23.9. The van der Waals surface area contributed by atoms with Gasteiger partial charge in [-0.15, -0.1) is 0 Å². The third-order valence-corrected chi connectivity index (χ3v) is 6.35. The fraction of sp³-hybridized carbons (Fsp3) is 0.111. The van der Waals surface area contributed by atoms with Crippen molar-refractivity contribution in [3.63, 3.8) is 0 Å². The molecule has 0 unspecified atom stereocenters. The number of ether oxygens (including phenoxy) is 2. The van der Waals surface area contributed by atoms with Crippen LogP contribution in [0.4, 0.5) is 0 Å². The average molecular weight is 629 g/mol. The van der Waals surface area contributed by atoms with Gasteiger partial charge in [0.2, 0.25) is 0 Å². The van der Waals surface area contributed by atoms with E-state index < -0.39 is 0 Å². The van der Waals surface area contributed by atoms with Crippen molar-refractivity contribution >= 4 is 61.4 Å². The summed E-state index contributed by atoms with van der Waals surface area (Å²) in [7, 11) is 0. The van der Waals surface area contributed by atoms with Gasteiger partial charge in [-0.05, 0) is 87.8 Å². The molecule has 0 aromatic heterocycles. The lowest BCUT2D eigenvalue weighted by molar-refractivity contribution is 0.0955. The van der Waals surface area contributed by atoms with E-state index in [4.69, 9.17) is 9.47 Å². The molecule has 0 heterocycles. The topological polar surface area (TPSA) is 59.9 Å². The van der Waals surface area contributed by atoms with Gasteiger partial charge in [0.1, 0.15) is 6.61 Å². The van der Waals surface area contributed by atoms with Crippen LogP contribution in [0, 0.1) is 3.57 Å². The molecular weight excluding hydrogens is 607 g/mol. The fourth-order valence-electron chi connectivity index (χ4n) is 3.36. The van der Waals surface area contributed by atoms with Gasteiger partial charge in [0.15, 0.2) is 11.5 Å². The highest BCUT2D eigenvalue weighted by Crippen LogP contribution is 2.34. The number of hydrogen-bond acceptors (Lipinski definition) is 4. The molecule has 4 aromatic carbocycles. The number of hydrogen-bond donors (Lipinski definition) is 1. The highest BCUT2D eigenvalue weighted by molar-refractivity contribution is 14.1. The van der Waals surface area contributed by atoms with Gasteiger partial charge in [-0.3, -0.25) is 4.79 Å². The van der Waals surface area contributed by atoms with Crippen LogP contribution in [-0.4, -0.2) is 18.7 Å². The van der Waals surface area contributed by atoms with E-state index in [1.165, 1.54) is 0 Å². The van der Waals surface area contributed by atoms with E-state index in [1.807, 2.05) is 79.7 Å². The first kappa shape index (κ1) is 24.2. The van der Waals surface area contributed by atoms with Crippen molar-refractivity contribution < 1.29 is 14.3 Å². The molecule has 0 saturated carbocycles. The van der Waals surface area contributed by atoms with Crippen LogP contribution in [0.5, 0.6) is 11.5 Å². The van der Waals surface area contributed by atoms with Crippen LogP contribution >= 0.6 is 38.5 Å². The number of hydrazone groups is 1. The minimum atomic E-state index is -0.267. The van der Waals surface area contributed by atoms with E-state index in [2.05, 4.69) is 49.0 Å². The summed E-state index contributed by atoms with van der Waals surface area (Å²) in [5.41, 5.74) is 5.01. The van der Waals surface area contributed by atoms with Crippen LogP contribution in [0.15, 0.2) is 88.4 Å². The minimum Gasteiger partial charge on any atom is -0.490 e. The Balaban J connectivity index is 1.46. The SMILES string of the molecule is CCOc1cc(/C=N\NC(=O)c2ccc3ccccc3c2)cc(I)c1OCc1ccc(Br)cc1. The smallest absolute Gasteiger partial charge is 0.271 e. The summed E-state index contributed by atoms with van der Waals surface area (Å²) in [4.78, 5) is 12.5. The number of amides is 1. The van der Waals surface area contributed by atoms with E-state index >= 15 is 0 Å². The molecule has 5 nitrogen and oxygen atoms in total. The number of carbonyl (C=O) groups excluding carboxylic acids is 1. The molecule has 0 aliphatic rings. The highest BCUT2D eigenvalue weighted by atomic mass is 127. The third kappa shape index (κ3) is 6.15. The lowest BCUT2D eigenvalue weighted by Gasteiger charge is -2.15. The Bertz CT molecular complexity index is 1340. The van der Waals surface area contributed by atoms with Crippen molar-refractivity contribution in [3.05, 3.63) is 104 Å². The number of halogens is 2. The molecule has 0 bridgehead atoms. The molecule has 4 rings (SSSR count). The Kier molecular flexibility index (Phi) is 8.18. The first-order valence-electron chi connectivity index (χ1n) is 10.7. The van der Waals surface area contributed by atoms with Crippen molar-refractivity contribution in [1.29, 1.82) is 0 Å². The van der Waals surface area contributed by atoms with Crippen molar-refractivity contribution in [2.45, 2.75) is 13.5 Å². The second-order valence-corrected chi connectivity index (χ2v) is 9.52. The van der Waals surface area contributed by atoms with Crippen molar-refractivity contribution in [2.24, 2.45) is 5.10 Å². The summed E-state index contributed by atoms with van der Waals surface area (Å²) >= 11 is 5.67. The molecule has 0 aliphatic heterocycles. The summed E-state index contributed by atoms with van der Waals surface area (Å²) in [6, 6.07) is 25.3. The summed E-state index contributed by atoms with van der Waals surface area (Å²) in [5, 5.41) is 6.24. The summed E-state index contributed by atoms with van der Waals surface area (Å²) < 4.78 is 13.8. The van der Waals surface area contributed by atoms with Crippen LogP contribution in [0.3, 0.4) is 0 Å². The van der Waals surface area contributed by atoms with Gasteiger partial charge in [-0.2, -0.15) is 5.10 Å². The molecule has 1 amide bonds. The number of fused-ring (bicyclic) bond motifs is 1. The normalized spacial score (nSPS) is 11.0. The molecule has 0 radical (unpaired) electrons. The van der Waals surface area contributed by atoms with Crippen LogP contribution < -0.4 is 14.9 Å². The second kappa shape index (κ2) is 11.5. The first-order valence-corrected chi connectivity index (χ1v) is 12.6. The molecule has 172 valence electrons. The predicted octanol–water partition coefficient (Wildman–Crippen LogP) is 6.95. The Labute approximate surface area is 220 Å². The maximum Gasteiger partial charge on any atom is 0.271 e. The van der Waals surface area contributed by atoms with Gasteiger partial charge in [-0.1, -0.05) is 58.4 Å². The molecular formula is C27H22BrIN2O3. The van der Waals surface area contributed by atoms with Crippen LogP contribution in [0.1, 0.15) is 28.4 Å². The summed E-state index contributed by atoms with van der Waals surface area (Å²) in [6.07, 6.45) is 1.60. The molecule has 0 saturated heterocycles. The lowest BCUT2D eigenvalue weighted by Crippen LogP contribution is -2.17. The van der Waals surface area contributed by atoms with E-state index in [-0.39, 0.29) is 5.91 Å². The molecule has 4 aromatic rings. The number of nitrogens with one attached hydrogen (secondary N) is 1. The molecule has 34 heavy (non-hydrogen) atoms. The molecule has 7 heteroatoms. The van der Waals surface area contributed by atoms with Crippen LogP contribution in [0.25, 0.3) is 10.8 Å². The molecule has 0 spiro atoms. The molecule has 0 fully saturated rings. The molecule has 0 atom stereocenters. The van der Waals surface area contributed by atoms with Gasteiger partial charge in [-0.25, -0.2) is 5.43 Å². The van der Waals surface area contributed by atoms with Gasteiger partial charge in [0.25, 0.3) is 5.91 Å². The van der Waals surface area contributed by atoms with Crippen LogP contribution in [-0.2, 0) is 6.61 Å². The second-order valence-electron chi connectivity index (χ2n) is 7.44. The maximum atomic E-state index is 12.5. The number of nitrogens with zero attached hydrogens (tertiary/aromatic N) is 1. The first-order chi connectivity index (χ1) is 16.5. The van der Waals surface area contributed by atoms with Gasteiger partial charge < -0.3 is 9.47 Å². The van der Waals surface area contributed by atoms with E-state index in [0.29, 0.717) is 30.3 Å². The Morgan fingerprint density at radius 1 is 1.00 bits per heavy atom.